The highest BCUT2D eigenvalue weighted by Crippen LogP contribution is 2.22. The van der Waals surface area contributed by atoms with E-state index in [0.29, 0.717) is 24.4 Å². The molecule has 138 valence electrons. The molecule has 1 heterocycles. The third-order valence-corrected chi connectivity index (χ3v) is 5.14. The van der Waals surface area contributed by atoms with Gasteiger partial charge in [-0.15, -0.1) is 11.3 Å². The highest BCUT2D eigenvalue weighted by atomic mass is 32.1. The molecule has 3 aromatic rings. The predicted octanol–water partition coefficient (Wildman–Crippen LogP) is 4.48. The fourth-order valence-corrected chi connectivity index (χ4v) is 3.52. The van der Waals surface area contributed by atoms with Gasteiger partial charge in [0.05, 0.1) is 20.2 Å². The summed E-state index contributed by atoms with van der Waals surface area (Å²) in [7, 11) is 1.60. The number of methoxy groups -OCH3 is 1. The summed E-state index contributed by atoms with van der Waals surface area (Å²) in [5, 5.41) is 1.96. The standard InChI is InChI=1S/C22H21NO3S/c1-16-9-11-17(12-10-16)21(24)22(25)23(15-19-7-5-13-27-19)14-18-6-3-4-8-20(18)26-2/h3-13H,14-15H2,1-2H3. The van der Waals surface area contributed by atoms with Crippen molar-refractivity contribution in [3.8, 4) is 5.75 Å². The monoisotopic (exact) mass is 379 g/mol. The maximum absolute atomic E-state index is 13.0. The number of para-hydroxylation sites is 1. The summed E-state index contributed by atoms with van der Waals surface area (Å²) in [6, 6.07) is 18.5. The lowest BCUT2D eigenvalue weighted by Gasteiger charge is -2.22. The first-order valence-corrected chi connectivity index (χ1v) is 9.51. The Balaban J connectivity index is 1.87. The maximum atomic E-state index is 13.0. The van der Waals surface area contributed by atoms with Gasteiger partial charge in [0, 0.05) is 16.0 Å². The van der Waals surface area contributed by atoms with Crippen molar-refractivity contribution in [1.29, 1.82) is 0 Å². The van der Waals surface area contributed by atoms with Crippen molar-refractivity contribution in [3.63, 3.8) is 0 Å². The summed E-state index contributed by atoms with van der Waals surface area (Å²) in [6.07, 6.45) is 0. The van der Waals surface area contributed by atoms with Crippen molar-refractivity contribution in [1.82, 2.24) is 4.90 Å². The number of hydrogen-bond donors (Lipinski definition) is 0. The average Bonchev–Trinajstić information content (AvgIpc) is 3.20. The molecule has 0 aliphatic carbocycles. The van der Waals surface area contributed by atoms with Gasteiger partial charge < -0.3 is 9.64 Å². The number of hydrogen-bond acceptors (Lipinski definition) is 4. The van der Waals surface area contributed by atoms with E-state index in [1.165, 1.54) is 0 Å². The first kappa shape index (κ1) is 18.9. The molecule has 0 radical (unpaired) electrons. The van der Waals surface area contributed by atoms with E-state index in [1.54, 1.807) is 35.5 Å². The van der Waals surface area contributed by atoms with Crippen LogP contribution in [0, 0.1) is 6.92 Å². The molecule has 4 nitrogen and oxygen atoms in total. The Kier molecular flexibility index (Phi) is 6.04. The second kappa shape index (κ2) is 8.64. The van der Waals surface area contributed by atoms with Crippen LogP contribution in [-0.2, 0) is 17.9 Å². The molecular weight excluding hydrogens is 358 g/mol. The Morgan fingerprint density at radius 2 is 1.70 bits per heavy atom. The van der Waals surface area contributed by atoms with Gasteiger partial charge >= 0.3 is 0 Å². The molecule has 3 rings (SSSR count). The minimum Gasteiger partial charge on any atom is -0.496 e. The van der Waals surface area contributed by atoms with E-state index >= 15 is 0 Å². The highest BCUT2D eigenvalue weighted by Gasteiger charge is 2.24. The van der Waals surface area contributed by atoms with Crippen molar-refractivity contribution < 1.29 is 14.3 Å². The number of ketones is 1. The highest BCUT2D eigenvalue weighted by molar-refractivity contribution is 7.09. The lowest BCUT2D eigenvalue weighted by molar-refractivity contribution is -0.127. The van der Waals surface area contributed by atoms with Crippen LogP contribution in [0.15, 0.2) is 66.0 Å². The Bertz CT molecular complexity index is 917. The number of Topliss-reactive ketones (excluding diaryl/α,β-unsaturated/α-hetero) is 1. The van der Waals surface area contributed by atoms with Gasteiger partial charge in [-0.25, -0.2) is 0 Å². The van der Waals surface area contributed by atoms with E-state index in [1.807, 2.05) is 60.8 Å². The molecule has 1 amide bonds. The summed E-state index contributed by atoms with van der Waals surface area (Å²) in [5.74, 6) is -0.316. The molecule has 0 spiro atoms. The Labute approximate surface area is 163 Å². The molecule has 1 aromatic heterocycles. The summed E-state index contributed by atoms with van der Waals surface area (Å²) in [5.41, 5.74) is 2.31. The number of rotatable bonds is 7. The zero-order chi connectivity index (χ0) is 19.2. The van der Waals surface area contributed by atoms with Crippen molar-refractivity contribution >= 4 is 23.0 Å². The topological polar surface area (TPSA) is 46.6 Å². The fraction of sp³-hybridized carbons (Fsp3) is 0.182. The molecule has 0 fully saturated rings. The zero-order valence-electron chi connectivity index (χ0n) is 15.3. The number of carbonyl (C=O) groups is 2. The average molecular weight is 379 g/mol. The molecular formula is C22H21NO3S. The van der Waals surface area contributed by atoms with Crippen LogP contribution in [0.5, 0.6) is 5.75 Å². The molecule has 0 unspecified atom stereocenters. The quantitative estimate of drug-likeness (QED) is 0.449. The normalized spacial score (nSPS) is 10.4. The summed E-state index contributed by atoms with van der Waals surface area (Å²) in [6.45, 7) is 2.63. The number of ether oxygens (including phenoxy) is 1. The largest absolute Gasteiger partial charge is 0.496 e. The van der Waals surface area contributed by atoms with Crippen LogP contribution >= 0.6 is 11.3 Å². The fourth-order valence-electron chi connectivity index (χ4n) is 2.80. The summed E-state index contributed by atoms with van der Waals surface area (Å²) < 4.78 is 5.40. The SMILES string of the molecule is COc1ccccc1CN(Cc1cccs1)C(=O)C(=O)c1ccc(C)cc1. The van der Waals surface area contributed by atoms with Crippen LogP contribution in [0.25, 0.3) is 0 Å². The van der Waals surface area contributed by atoms with E-state index < -0.39 is 11.7 Å². The molecule has 2 aromatic carbocycles. The van der Waals surface area contributed by atoms with Crippen LogP contribution < -0.4 is 4.74 Å². The molecule has 0 aliphatic rings. The number of amides is 1. The predicted molar refractivity (Wildman–Crippen MR) is 107 cm³/mol. The molecule has 5 heteroatoms. The molecule has 27 heavy (non-hydrogen) atoms. The number of thiophene rings is 1. The van der Waals surface area contributed by atoms with Gasteiger partial charge in [0.1, 0.15) is 5.75 Å². The third-order valence-electron chi connectivity index (χ3n) is 4.28. The van der Waals surface area contributed by atoms with Crippen molar-refractivity contribution in [3.05, 3.63) is 87.6 Å². The molecule has 0 aliphatic heterocycles. The zero-order valence-corrected chi connectivity index (χ0v) is 16.2. The Morgan fingerprint density at radius 3 is 2.37 bits per heavy atom. The first-order chi connectivity index (χ1) is 13.1. The van der Waals surface area contributed by atoms with Gasteiger partial charge in [0.25, 0.3) is 5.91 Å². The van der Waals surface area contributed by atoms with E-state index in [0.717, 1.165) is 16.0 Å². The van der Waals surface area contributed by atoms with Crippen LogP contribution in [0.2, 0.25) is 0 Å². The van der Waals surface area contributed by atoms with E-state index in [4.69, 9.17) is 4.74 Å². The number of benzene rings is 2. The lowest BCUT2D eigenvalue weighted by atomic mass is 10.1. The van der Waals surface area contributed by atoms with E-state index in [-0.39, 0.29) is 0 Å². The third kappa shape index (κ3) is 4.63. The molecule has 0 N–H and O–H groups in total. The number of carbonyl (C=O) groups excluding carboxylic acids is 2. The van der Waals surface area contributed by atoms with Crippen LogP contribution in [-0.4, -0.2) is 23.7 Å². The van der Waals surface area contributed by atoms with Crippen molar-refractivity contribution in [2.45, 2.75) is 20.0 Å². The number of aryl methyl sites for hydroxylation is 1. The summed E-state index contributed by atoms with van der Waals surface area (Å²) >= 11 is 1.56. The van der Waals surface area contributed by atoms with E-state index in [2.05, 4.69) is 0 Å². The Morgan fingerprint density at radius 1 is 0.963 bits per heavy atom. The van der Waals surface area contributed by atoms with Gasteiger partial charge in [-0.05, 0) is 24.4 Å². The van der Waals surface area contributed by atoms with Gasteiger partial charge in [0.2, 0.25) is 5.78 Å². The molecule has 0 atom stereocenters. The van der Waals surface area contributed by atoms with Gasteiger partial charge in [-0.3, -0.25) is 9.59 Å². The van der Waals surface area contributed by atoms with Gasteiger partial charge in [-0.2, -0.15) is 0 Å². The minimum atomic E-state index is -0.516. The second-order valence-corrected chi connectivity index (χ2v) is 7.28. The smallest absolute Gasteiger partial charge is 0.295 e. The first-order valence-electron chi connectivity index (χ1n) is 8.63. The molecule has 0 bridgehead atoms. The van der Waals surface area contributed by atoms with Crippen LogP contribution in [0.3, 0.4) is 0 Å². The number of nitrogens with zero attached hydrogens (tertiary/aromatic N) is 1. The Hall–Kier alpha value is -2.92. The molecule has 0 saturated carbocycles. The van der Waals surface area contributed by atoms with Crippen LogP contribution in [0.1, 0.15) is 26.4 Å². The minimum absolute atomic E-state index is 0.304. The maximum Gasteiger partial charge on any atom is 0.295 e. The second-order valence-electron chi connectivity index (χ2n) is 6.25. The summed E-state index contributed by atoms with van der Waals surface area (Å²) in [4.78, 5) is 28.3. The van der Waals surface area contributed by atoms with Gasteiger partial charge in [0.15, 0.2) is 0 Å². The van der Waals surface area contributed by atoms with Gasteiger partial charge in [-0.1, -0.05) is 54.1 Å². The van der Waals surface area contributed by atoms with Crippen molar-refractivity contribution in [2.24, 2.45) is 0 Å². The van der Waals surface area contributed by atoms with Crippen LogP contribution in [0.4, 0.5) is 0 Å². The molecule has 0 saturated heterocycles. The van der Waals surface area contributed by atoms with Crippen molar-refractivity contribution in [2.75, 3.05) is 7.11 Å². The van der Waals surface area contributed by atoms with E-state index in [9.17, 15) is 9.59 Å². The lowest BCUT2D eigenvalue weighted by Crippen LogP contribution is -2.35.